The molecule has 126 valence electrons. The van der Waals surface area contributed by atoms with Crippen LogP contribution in [0.3, 0.4) is 0 Å². The van der Waals surface area contributed by atoms with Crippen LogP contribution in [0.5, 0.6) is 5.75 Å². The second kappa shape index (κ2) is 7.45. The lowest BCUT2D eigenvalue weighted by molar-refractivity contribution is -0.141. The van der Waals surface area contributed by atoms with Gasteiger partial charge in [-0.1, -0.05) is 11.6 Å². The zero-order chi connectivity index (χ0) is 17.0. The summed E-state index contributed by atoms with van der Waals surface area (Å²) >= 11 is 5.79. The fourth-order valence-corrected chi connectivity index (χ4v) is 2.37. The largest absolute Gasteiger partial charge is 0.485 e. The highest BCUT2D eigenvalue weighted by molar-refractivity contribution is 6.30. The first-order chi connectivity index (χ1) is 10.9. The maximum Gasteiger partial charge on any atom is 0.321 e. The van der Waals surface area contributed by atoms with Gasteiger partial charge in [-0.15, -0.1) is 0 Å². The van der Waals surface area contributed by atoms with Gasteiger partial charge in [-0.25, -0.2) is 13.6 Å². The lowest BCUT2D eigenvalue weighted by Gasteiger charge is -2.18. The number of carbonyl (C=O) groups excluding carboxylic acids is 1. The number of hydrogen-bond donors (Lipinski definition) is 2. The molecule has 0 saturated carbocycles. The number of carbonyl (C=O) groups is 2. The molecule has 6 nitrogen and oxygen atoms in total. The molecule has 9 heteroatoms. The molecule has 1 fully saturated rings. The summed E-state index contributed by atoms with van der Waals surface area (Å²) in [5, 5.41) is 11.7. The van der Waals surface area contributed by atoms with Crippen molar-refractivity contribution < 1.29 is 28.2 Å². The summed E-state index contributed by atoms with van der Waals surface area (Å²) in [4.78, 5) is 24.4. The van der Waals surface area contributed by atoms with Gasteiger partial charge in [-0.3, -0.25) is 4.79 Å². The van der Waals surface area contributed by atoms with E-state index in [-0.39, 0.29) is 23.0 Å². The Labute approximate surface area is 136 Å². The monoisotopic (exact) mass is 348 g/mol. The van der Waals surface area contributed by atoms with Crippen LogP contribution in [0.4, 0.5) is 19.3 Å². The number of amides is 2. The average molecular weight is 349 g/mol. The van der Waals surface area contributed by atoms with Crippen LogP contribution in [-0.2, 0) is 4.79 Å². The second-order valence-electron chi connectivity index (χ2n) is 5.04. The van der Waals surface area contributed by atoms with Crippen molar-refractivity contribution in [2.45, 2.75) is 12.8 Å². The van der Waals surface area contributed by atoms with Crippen molar-refractivity contribution >= 4 is 29.3 Å². The molecule has 2 N–H and O–H groups in total. The molecule has 1 aromatic carbocycles. The molecule has 1 saturated heterocycles. The third kappa shape index (κ3) is 4.69. The predicted octanol–water partition coefficient (Wildman–Crippen LogP) is 2.92. The van der Waals surface area contributed by atoms with E-state index in [1.54, 1.807) is 0 Å². The van der Waals surface area contributed by atoms with Crippen LogP contribution < -0.4 is 10.1 Å². The summed E-state index contributed by atoms with van der Waals surface area (Å²) in [6, 6.07) is 3.73. The molecule has 1 aromatic rings. The predicted molar refractivity (Wildman–Crippen MR) is 79.3 cm³/mol. The Morgan fingerprint density at radius 3 is 2.83 bits per heavy atom. The molecule has 1 atom stereocenters. The minimum atomic E-state index is -2.66. The quantitative estimate of drug-likeness (QED) is 0.857. The average Bonchev–Trinajstić information content (AvgIpc) is 2.97. The van der Waals surface area contributed by atoms with E-state index in [2.05, 4.69) is 5.32 Å². The SMILES string of the molecule is O=C(O)C1CCN(C(=O)Nc2ccc(Cl)cc2OCC(F)F)C1. The van der Waals surface area contributed by atoms with Crippen LogP contribution >= 0.6 is 11.6 Å². The van der Waals surface area contributed by atoms with Crippen LogP contribution in [-0.4, -0.2) is 48.1 Å². The number of likely N-dealkylation sites (tertiary alicyclic amines) is 1. The lowest BCUT2D eigenvalue weighted by atomic mass is 10.1. The van der Waals surface area contributed by atoms with E-state index in [4.69, 9.17) is 21.4 Å². The molecule has 0 aliphatic carbocycles. The Morgan fingerprint density at radius 2 is 2.22 bits per heavy atom. The fourth-order valence-electron chi connectivity index (χ4n) is 2.21. The normalized spacial score (nSPS) is 17.4. The number of nitrogens with zero attached hydrogens (tertiary/aromatic N) is 1. The number of aliphatic carboxylic acids is 1. The second-order valence-corrected chi connectivity index (χ2v) is 5.48. The number of ether oxygens (including phenoxy) is 1. The number of anilines is 1. The number of carboxylic acids is 1. The molecule has 0 bridgehead atoms. The Hall–Kier alpha value is -2.09. The number of urea groups is 1. The molecule has 1 aliphatic heterocycles. The topological polar surface area (TPSA) is 78.9 Å². The van der Waals surface area contributed by atoms with E-state index >= 15 is 0 Å². The van der Waals surface area contributed by atoms with E-state index in [1.807, 2.05) is 0 Å². The number of carboxylic acid groups (broad SMARTS) is 1. The van der Waals surface area contributed by atoms with Crippen molar-refractivity contribution in [1.82, 2.24) is 4.90 Å². The number of halogens is 3. The van der Waals surface area contributed by atoms with Crippen molar-refractivity contribution in [3.8, 4) is 5.75 Å². The highest BCUT2D eigenvalue weighted by Crippen LogP contribution is 2.29. The smallest absolute Gasteiger partial charge is 0.321 e. The van der Waals surface area contributed by atoms with Gasteiger partial charge in [0.1, 0.15) is 12.4 Å². The van der Waals surface area contributed by atoms with Gasteiger partial charge in [0.05, 0.1) is 11.6 Å². The van der Waals surface area contributed by atoms with E-state index in [0.29, 0.717) is 13.0 Å². The Bertz CT molecular complexity index is 600. The van der Waals surface area contributed by atoms with Gasteiger partial charge in [0.2, 0.25) is 0 Å². The summed E-state index contributed by atoms with van der Waals surface area (Å²) < 4.78 is 29.5. The van der Waals surface area contributed by atoms with Crippen LogP contribution in [0.15, 0.2) is 18.2 Å². The molecule has 2 rings (SSSR count). The van der Waals surface area contributed by atoms with Crippen molar-refractivity contribution in [3.63, 3.8) is 0 Å². The number of rotatable bonds is 5. The molecule has 2 amide bonds. The molecule has 1 unspecified atom stereocenters. The van der Waals surface area contributed by atoms with Crippen molar-refractivity contribution in [2.24, 2.45) is 5.92 Å². The summed E-state index contributed by atoms with van der Waals surface area (Å²) in [5.41, 5.74) is 0.193. The molecule has 1 heterocycles. The van der Waals surface area contributed by atoms with Gasteiger partial charge in [0.25, 0.3) is 6.43 Å². The first-order valence-electron chi connectivity index (χ1n) is 6.86. The summed E-state index contributed by atoms with van der Waals surface area (Å²) in [6.07, 6.45) is -2.29. The Balaban J connectivity index is 2.04. The zero-order valence-corrected chi connectivity index (χ0v) is 12.7. The van der Waals surface area contributed by atoms with Crippen LogP contribution in [0.1, 0.15) is 6.42 Å². The molecular weight excluding hydrogens is 334 g/mol. The summed E-state index contributed by atoms with van der Waals surface area (Å²) in [5.74, 6) is -1.52. The maximum atomic E-state index is 12.3. The number of nitrogens with one attached hydrogen (secondary N) is 1. The molecule has 1 aliphatic rings. The summed E-state index contributed by atoms with van der Waals surface area (Å²) in [7, 11) is 0. The van der Waals surface area contributed by atoms with Crippen molar-refractivity contribution in [2.75, 3.05) is 25.0 Å². The fraction of sp³-hybridized carbons (Fsp3) is 0.429. The van der Waals surface area contributed by atoms with E-state index in [9.17, 15) is 18.4 Å². The third-order valence-electron chi connectivity index (χ3n) is 3.37. The first kappa shape index (κ1) is 17.3. The first-order valence-corrected chi connectivity index (χ1v) is 7.24. The Morgan fingerprint density at radius 1 is 1.48 bits per heavy atom. The number of hydrogen-bond acceptors (Lipinski definition) is 3. The number of alkyl halides is 2. The maximum absolute atomic E-state index is 12.3. The molecule has 0 radical (unpaired) electrons. The molecule has 0 aromatic heterocycles. The van der Waals surface area contributed by atoms with Gasteiger partial charge in [0, 0.05) is 24.2 Å². The molecule has 23 heavy (non-hydrogen) atoms. The van der Waals surface area contributed by atoms with Gasteiger partial charge in [-0.05, 0) is 18.6 Å². The van der Waals surface area contributed by atoms with Gasteiger partial charge < -0.3 is 20.1 Å². The van der Waals surface area contributed by atoms with Gasteiger partial charge in [0.15, 0.2) is 0 Å². The highest BCUT2D eigenvalue weighted by Gasteiger charge is 2.31. The number of benzene rings is 1. The van der Waals surface area contributed by atoms with E-state index < -0.39 is 31.0 Å². The Kier molecular flexibility index (Phi) is 5.59. The van der Waals surface area contributed by atoms with E-state index in [0.717, 1.165) is 0 Å². The minimum absolute atomic E-state index is 0.0279. The zero-order valence-electron chi connectivity index (χ0n) is 12.0. The van der Waals surface area contributed by atoms with Crippen LogP contribution in [0.25, 0.3) is 0 Å². The van der Waals surface area contributed by atoms with Gasteiger partial charge in [-0.2, -0.15) is 0 Å². The van der Waals surface area contributed by atoms with Crippen molar-refractivity contribution in [3.05, 3.63) is 23.2 Å². The lowest BCUT2D eigenvalue weighted by Crippen LogP contribution is -2.34. The molecular formula is C14H15ClF2N2O4. The van der Waals surface area contributed by atoms with Crippen LogP contribution in [0.2, 0.25) is 5.02 Å². The minimum Gasteiger partial charge on any atom is -0.485 e. The standard InChI is InChI=1S/C14H15ClF2N2O4/c15-9-1-2-10(11(5-9)23-7-12(16)17)18-14(22)19-4-3-8(6-19)13(20)21/h1-2,5,8,12H,3-4,6-7H2,(H,18,22)(H,20,21). The van der Waals surface area contributed by atoms with Crippen LogP contribution in [0, 0.1) is 5.92 Å². The van der Waals surface area contributed by atoms with E-state index in [1.165, 1.54) is 23.1 Å². The third-order valence-corrected chi connectivity index (χ3v) is 3.61. The molecule has 0 spiro atoms. The van der Waals surface area contributed by atoms with Crippen molar-refractivity contribution in [1.29, 1.82) is 0 Å². The summed E-state index contributed by atoms with van der Waals surface area (Å²) in [6.45, 7) is -0.417. The highest BCUT2D eigenvalue weighted by atomic mass is 35.5. The van der Waals surface area contributed by atoms with Gasteiger partial charge >= 0.3 is 12.0 Å².